The van der Waals surface area contributed by atoms with Crippen LogP contribution in [0.2, 0.25) is 0 Å². The first kappa shape index (κ1) is 25.8. The second-order valence-electron chi connectivity index (χ2n) is 8.96. The van der Waals surface area contributed by atoms with Gasteiger partial charge in [-0.15, -0.1) is 0 Å². The second-order valence-corrected chi connectivity index (χ2v) is 8.96. The van der Waals surface area contributed by atoms with Crippen molar-refractivity contribution in [2.75, 3.05) is 29.6 Å². The molecule has 0 saturated heterocycles. The van der Waals surface area contributed by atoms with E-state index in [2.05, 4.69) is 20.7 Å². The highest BCUT2D eigenvalue weighted by Gasteiger charge is 2.23. The van der Waals surface area contributed by atoms with Crippen LogP contribution >= 0.6 is 0 Å². The first-order chi connectivity index (χ1) is 17.4. The molecule has 0 aliphatic carbocycles. The summed E-state index contributed by atoms with van der Waals surface area (Å²) >= 11 is 0. The van der Waals surface area contributed by atoms with Gasteiger partial charge in [-0.3, -0.25) is 9.48 Å². The number of nitrogens with one attached hydrogen (secondary N) is 2. The maximum atomic E-state index is 15.0. The number of hydrogen-bond acceptors (Lipinski definition) is 7. The summed E-state index contributed by atoms with van der Waals surface area (Å²) in [7, 11) is 5.56. The molecule has 12 heteroatoms. The minimum atomic E-state index is -0.896. The van der Waals surface area contributed by atoms with Gasteiger partial charge in [0.05, 0.1) is 17.1 Å². The van der Waals surface area contributed by atoms with E-state index in [1.807, 2.05) is 38.2 Å². The van der Waals surface area contributed by atoms with Gasteiger partial charge in [0.1, 0.15) is 17.5 Å². The Morgan fingerprint density at radius 1 is 1.05 bits per heavy atom. The van der Waals surface area contributed by atoms with E-state index in [-0.39, 0.29) is 22.8 Å². The van der Waals surface area contributed by atoms with E-state index in [1.165, 1.54) is 0 Å². The molecule has 6 N–H and O–H groups in total. The molecule has 2 atom stereocenters. The van der Waals surface area contributed by atoms with Crippen molar-refractivity contribution in [3.05, 3.63) is 71.0 Å². The zero-order valence-electron chi connectivity index (χ0n) is 20.7. The maximum absolute atomic E-state index is 15.0. The number of aromatic nitrogens is 3. The van der Waals surface area contributed by atoms with Crippen molar-refractivity contribution in [2.24, 2.45) is 18.5 Å². The van der Waals surface area contributed by atoms with Crippen LogP contribution in [0.5, 0.6) is 0 Å². The number of fused-ring (bicyclic) bond motifs is 1. The lowest BCUT2D eigenvalue weighted by Crippen LogP contribution is -2.31. The predicted molar refractivity (Wildman–Crippen MR) is 137 cm³/mol. The topological polar surface area (TPSA) is 127 Å². The second kappa shape index (κ2) is 9.97. The van der Waals surface area contributed by atoms with E-state index >= 15 is 4.39 Å². The lowest BCUT2D eigenvalue weighted by atomic mass is 10.0. The third kappa shape index (κ3) is 5.28. The van der Waals surface area contributed by atoms with Crippen molar-refractivity contribution in [1.82, 2.24) is 14.8 Å². The zero-order chi connectivity index (χ0) is 27.0. The molecule has 0 aliphatic rings. The summed E-state index contributed by atoms with van der Waals surface area (Å²) < 4.78 is 44.4. The van der Waals surface area contributed by atoms with Gasteiger partial charge in [-0.2, -0.15) is 5.10 Å². The van der Waals surface area contributed by atoms with Crippen molar-refractivity contribution in [1.29, 1.82) is 0 Å². The van der Waals surface area contributed by atoms with Gasteiger partial charge >= 0.3 is 0 Å². The summed E-state index contributed by atoms with van der Waals surface area (Å²) in [5.74, 6) is -2.95. The van der Waals surface area contributed by atoms with E-state index < -0.39 is 35.4 Å². The molecule has 0 spiro atoms. The standard InChI is InChI=1S/C25H27F3N8O/c1-12(29)21(13-7-14(26)9-15(27)8-13)32-24-19(28)11-18(22(30)37)23(33-24)31-16-5-6-20-17(10-16)25(35(2)3)34-36(20)4/h5-12,21H,29H2,1-4H3,(H2,30,37)(H2,31,32,33)/t12-,21-/m0/s1. The molecule has 0 fully saturated rings. The number of nitrogens with two attached hydrogens (primary N) is 2. The van der Waals surface area contributed by atoms with Crippen LogP contribution < -0.4 is 27.0 Å². The quantitative estimate of drug-likeness (QED) is 0.283. The third-order valence-electron chi connectivity index (χ3n) is 5.82. The summed E-state index contributed by atoms with van der Waals surface area (Å²) in [5.41, 5.74) is 12.9. The highest BCUT2D eigenvalue weighted by atomic mass is 19.1. The van der Waals surface area contributed by atoms with Gasteiger partial charge in [0.25, 0.3) is 5.91 Å². The number of primary amides is 1. The average molecular weight is 513 g/mol. The van der Waals surface area contributed by atoms with Gasteiger partial charge in [0.2, 0.25) is 0 Å². The Balaban J connectivity index is 1.75. The summed E-state index contributed by atoms with van der Waals surface area (Å²) in [5, 5.41) is 11.2. The first-order valence-corrected chi connectivity index (χ1v) is 11.3. The van der Waals surface area contributed by atoms with Crippen molar-refractivity contribution < 1.29 is 18.0 Å². The fourth-order valence-electron chi connectivity index (χ4n) is 4.09. The monoisotopic (exact) mass is 512 g/mol. The zero-order valence-corrected chi connectivity index (χ0v) is 20.7. The largest absolute Gasteiger partial charge is 0.365 e. The van der Waals surface area contributed by atoms with Crippen molar-refractivity contribution >= 4 is 40.0 Å². The molecular formula is C25H27F3N8O. The maximum Gasteiger partial charge on any atom is 0.252 e. The van der Waals surface area contributed by atoms with Crippen LogP contribution in [0, 0.1) is 17.5 Å². The summed E-state index contributed by atoms with van der Waals surface area (Å²) in [4.78, 5) is 18.2. The van der Waals surface area contributed by atoms with Gasteiger partial charge < -0.3 is 27.0 Å². The minimum absolute atomic E-state index is 0.0140. The number of pyridine rings is 1. The number of benzene rings is 2. The number of nitrogens with zero attached hydrogens (tertiary/aromatic N) is 4. The molecule has 194 valence electrons. The van der Waals surface area contributed by atoms with E-state index in [1.54, 1.807) is 17.7 Å². The fraction of sp³-hybridized carbons (Fsp3) is 0.240. The Labute approximate surface area is 211 Å². The molecule has 0 saturated carbocycles. The molecule has 1 amide bonds. The van der Waals surface area contributed by atoms with Gasteiger partial charge in [-0.1, -0.05) is 0 Å². The van der Waals surface area contributed by atoms with E-state index in [9.17, 15) is 13.6 Å². The van der Waals surface area contributed by atoms with E-state index in [4.69, 9.17) is 11.5 Å². The average Bonchev–Trinajstić information content (AvgIpc) is 3.14. The highest BCUT2D eigenvalue weighted by molar-refractivity contribution is 5.99. The molecule has 2 aromatic carbocycles. The summed E-state index contributed by atoms with van der Waals surface area (Å²) in [6.45, 7) is 1.60. The van der Waals surface area contributed by atoms with Crippen LogP contribution in [0.4, 0.5) is 36.3 Å². The van der Waals surface area contributed by atoms with Gasteiger partial charge in [0.15, 0.2) is 17.5 Å². The number of anilines is 4. The number of aryl methyl sites for hydroxylation is 1. The number of amides is 1. The Hall–Kier alpha value is -4.32. The number of rotatable bonds is 8. The Morgan fingerprint density at radius 2 is 1.73 bits per heavy atom. The lowest BCUT2D eigenvalue weighted by Gasteiger charge is -2.24. The predicted octanol–water partition coefficient (Wildman–Crippen LogP) is 3.79. The van der Waals surface area contributed by atoms with Crippen molar-refractivity contribution in [2.45, 2.75) is 19.0 Å². The van der Waals surface area contributed by atoms with Gasteiger partial charge in [0, 0.05) is 44.3 Å². The molecule has 0 radical (unpaired) electrons. The van der Waals surface area contributed by atoms with Gasteiger partial charge in [-0.25, -0.2) is 18.2 Å². The molecule has 4 aromatic rings. The number of carbonyl (C=O) groups excluding carboxylic acids is 1. The van der Waals surface area contributed by atoms with Crippen LogP contribution in [0.15, 0.2) is 42.5 Å². The lowest BCUT2D eigenvalue weighted by molar-refractivity contribution is 0.100. The number of hydrogen-bond donors (Lipinski definition) is 4. The molecular weight excluding hydrogens is 485 g/mol. The summed E-state index contributed by atoms with van der Waals surface area (Å²) in [6, 6.07) is 7.71. The van der Waals surface area contributed by atoms with E-state index in [0.717, 1.165) is 41.0 Å². The SMILES string of the molecule is C[C@H](N)[C@H](Nc1nc(Nc2ccc3c(c2)c(N(C)C)nn3C)c(C(N)=O)cc1F)c1cc(F)cc(F)c1. The van der Waals surface area contributed by atoms with Crippen molar-refractivity contribution in [3.8, 4) is 0 Å². The molecule has 9 nitrogen and oxygen atoms in total. The molecule has 2 aromatic heterocycles. The highest BCUT2D eigenvalue weighted by Crippen LogP contribution is 2.31. The summed E-state index contributed by atoms with van der Waals surface area (Å²) in [6.07, 6.45) is 0. The molecule has 2 heterocycles. The van der Waals surface area contributed by atoms with E-state index in [0.29, 0.717) is 5.69 Å². The third-order valence-corrected chi connectivity index (χ3v) is 5.82. The molecule has 0 unspecified atom stereocenters. The fourth-order valence-corrected chi connectivity index (χ4v) is 4.09. The van der Waals surface area contributed by atoms with Crippen LogP contribution in [-0.2, 0) is 7.05 Å². The molecule has 0 aliphatic heterocycles. The Kier molecular flexibility index (Phi) is 6.94. The van der Waals surface area contributed by atoms with Crippen LogP contribution in [0.25, 0.3) is 10.9 Å². The Bertz CT molecular complexity index is 1460. The first-order valence-electron chi connectivity index (χ1n) is 11.3. The smallest absolute Gasteiger partial charge is 0.252 e. The molecule has 37 heavy (non-hydrogen) atoms. The van der Waals surface area contributed by atoms with Crippen LogP contribution in [0.3, 0.4) is 0 Å². The number of halogens is 3. The molecule has 4 rings (SSSR count). The van der Waals surface area contributed by atoms with Crippen LogP contribution in [0.1, 0.15) is 28.9 Å². The Morgan fingerprint density at radius 3 is 2.32 bits per heavy atom. The van der Waals surface area contributed by atoms with Crippen LogP contribution in [-0.4, -0.2) is 40.8 Å². The van der Waals surface area contributed by atoms with Gasteiger partial charge in [-0.05, 0) is 48.9 Å². The minimum Gasteiger partial charge on any atom is -0.365 e. The molecule has 0 bridgehead atoms. The normalized spacial score (nSPS) is 12.9. The van der Waals surface area contributed by atoms with Crippen molar-refractivity contribution in [3.63, 3.8) is 0 Å². The number of carbonyl (C=O) groups is 1.